The topological polar surface area (TPSA) is 63.6 Å². The monoisotopic (exact) mass is 548 g/mol. The lowest BCUT2D eigenvalue weighted by atomic mass is 9.73. The molecule has 0 bridgehead atoms. The first kappa shape index (κ1) is 28.8. The minimum Gasteiger partial charge on any atom is -0.370 e. The zero-order chi connectivity index (χ0) is 26.7. The fourth-order valence-corrected chi connectivity index (χ4v) is 7.13. The van der Waals surface area contributed by atoms with Gasteiger partial charge in [-0.25, -0.2) is 0 Å². The van der Waals surface area contributed by atoms with Crippen LogP contribution in [-0.2, 0) is 21.5 Å². The number of ether oxygens (including phenoxy) is 1. The summed E-state index contributed by atoms with van der Waals surface area (Å²) in [5.74, 6) is -4.03. The first-order chi connectivity index (χ1) is 17.5. The lowest BCUT2D eigenvalue weighted by Gasteiger charge is -2.33. The van der Waals surface area contributed by atoms with Crippen LogP contribution in [0.25, 0.3) is 0 Å². The first-order valence-electron chi connectivity index (χ1n) is 14.0. The molecule has 0 heterocycles. The average molecular weight is 549 g/mol. The van der Waals surface area contributed by atoms with E-state index >= 15 is 0 Å². The van der Waals surface area contributed by atoms with Crippen LogP contribution >= 0.6 is 0 Å². The van der Waals surface area contributed by atoms with Crippen LogP contribution < -0.4 is 0 Å². The highest BCUT2D eigenvalue weighted by Crippen LogP contribution is 2.45. The number of hydrogen-bond donors (Lipinski definition) is 1. The summed E-state index contributed by atoms with van der Waals surface area (Å²) in [6.45, 7) is -2.07. The van der Waals surface area contributed by atoms with E-state index in [9.17, 15) is 26.0 Å². The molecule has 1 aromatic carbocycles. The number of halogens is 4. The molecule has 0 amide bonds. The third kappa shape index (κ3) is 6.52. The summed E-state index contributed by atoms with van der Waals surface area (Å²) in [6, 6.07) is 4.48. The summed E-state index contributed by atoms with van der Waals surface area (Å²) in [5, 5.41) is -5.62. The van der Waals surface area contributed by atoms with E-state index in [0.717, 1.165) is 93.7 Å². The third-order valence-electron chi connectivity index (χ3n) is 8.79. The molecule has 3 aliphatic rings. The minimum atomic E-state index is -6.29. The molecule has 4 nitrogen and oxygen atoms in total. The van der Waals surface area contributed by atoms with Gasteiger partial charge in [0.1, 0.15) is 6.61 Å². The molecule has 3 fully saturated rings. The Balaban J connectivity index is 1.68. The zero-order valence-corrected chi connectivity index (χ0v) is 22.3. The van der Waals surface area contributed by atoms with Crippen molar-refractivity contribution in [2.24, 2.45) is 0 Å². The molecule has 0 saturated heterocycles. The lowest BCUT2D eigenvalue weighted by molar-refractivity contribution is -0.193. The largest absolute Gasteiger partial charge is 0.433 e. The van der Waals surface area contributed by atoms with Gasteiger partial charge in [-0.05, 0) is 78.5 Å². The van der Waals surface area contributed by atoms with Crippen molar-refractivity contribution in [3.8, 4) is 0 Å². The van der Waals surface area contributed by atoms with Gasteiger partial charge in [-0.15, -0.1) is 0 Å². The Kier molecular flexibility index (Phi) is 9.27. The van der Waals surface area contributed by atoms with Crippen LogP contribution in [0, 0.1) is 0 Å². The maximum Gasteiger partial charge on any atom is 0.433 e. The van der Waals surface area contributed by atoms with Crippen LogP contribution in [0.3, 0.4) is 0 Å². The molecule has 0 spiro atoms. The fraction of sp³-hybridized carbons (Fsp3) is 0.786. The van der Waals surface area contributed by atoms with Crippen molar-refractivity contribution >= 4 is 10.1 Å². The van der Waals surface area contributed by atoms with Crippen molar-refractivity contribution < 1.29 is 35.3 Å². The highest BCUT2D eigenvalue weighted by molar-refractivity contribution is 7.87. The summed E-state index contributed by atoms with van der Waals surface area (Å²) < 4.78 is 91.6. The highest BCUT2D eigenvalue weighted by atomic mass is 32.2. The Hall–Kier alpha value is -1.19. The molecule has 4 rings (SSSR count). The Morgan fingerprint density at radius 2 is 1.14 bits per heavy atom. The predicted molar refractivity (Wildman–Crippen MR) is 135 cm³/mol. The Morgan fingerprint density at radius 3 is 1.54 bits per heavy atom. The zero-order valence-electron chi connectivity index (χ0n) is 21.5. The summed E-state index contributed by atoms with van der Waals surface area (Å²) >= 11 is 0. The predicted octanol–water partition coefficient (Wildman–Crippen LogP) is 8.46. The quantitative estimate of drug-likeness (QED) is 0.248. The number of alkyl halides is 4. The Morgan fingerprint density at radius 1 is 0.730 bits per heavy atom. The molecule has 3 aliphatic carbocycles. The van der Waals surface area contributed by atoms with Crippen LogP contribution in [0.1, 0.15) is 136 Å². The van der Waals surface area contributed by atoms with Gasteiger partial charge in [0, 0.05) is 0 Å². The maximum absolute atomic E-state index is 14.2. The highest BCUT2D eigenvalue weighted by Gasteiger charge is 2.65. The Bertz CT molecular complexity index is 970. The minimum absolute atomic E-state index is 0.276. The molecule has 0 aliphatic heterocycles. The SMILES string of the molecule is O=S(=O)(O)C(F)(F)C(F)(F)COCc1c(C2CCCCC2)cc(C2CCCCC2)cc1C1CCCCC1. The molecule has 0 aromatic heterocycles. The molecule has 1 N–H and O–H groups in total. The second kappa shape index (κ2) is 11.9. The van der Waals surface area contributed by atoms with E-state index in [2.05, 4.69) is 12.1 Å². The van der Waals surface area contributed by atoms with Crippen molar-refractivity contribution in [3.05, 3.63) is 34.4 Å². The van der Waals surface area contributed by atoms with Crippen LogP contribution in [0.5, 0.6) is 0 Å². The van der Waals surface area contributed by atoms with Crippen LogP contribution in [0.2, 0.25) is 0 Å². The standard InChI is InChI=1S/C28H40F4O4S/c29-27(30,28(31,32)37(33,34)35)19-36-18-26-24(21-12-6-2-7-13-21)16-23(20-10-4-1-5-11-20)17-25(26)22-14-8-3-9-15-22/h16-17,20-22H,1-15,18-19H2,(H,33,34,35). The molecule has 37 heavy (non-hydrogen) atoms. The van der Waals surface area contributed by atoms with Gasteiger partial charge in [0.05, 0.1) is 6.61 Å². The summed E-state index contributed by atoms with van der Waals surface area (Å²) in [5.41, 5.74) is 4.35. The van der Waals surface area contributed by atoms with Crippen LogP contribution in [-0.4, -0.2) is 30.8 Å². The second-order valence-electron chi connectivity index (χ2n) is 11.4. The van der Waals surface area contributed by atoms with Crippen molar-refractivity contribution in [2.75, 3.05) is 6.61 Å². The van der Waals surface area contributed by atoms with E-state index in [-0.39, 0.29) is 18.4 Å². The maximum atomic E-state index is 14.2. The summed E-state index contributed by atoms with van der Waals surface area (Å²) in [4.78, 5) is 0. The van der Waals surface area contributed by atoms with Gasteiger partial charge in [-0.2, -0.15) is 26.0 Å². The van der Waals surface area contributed by atoms with Crippen molar-refractivity contribution in [1.29, 1.82) is 0 Å². The van der Waals surface area contributed by atoms with Gasteiger partial charge in [0.25, 0.3) is 0 Å². The fourth-order valence-electron chi connectivity index (χ4n) is 6.69. The van der Waals surface area contributed by atoms with Gasteiger partial charge >= 0.3 is 21.3 Å². The number of rotatable bonds is 9. The summed E-state index contributed by atoms with van der Waals surface area (Å²) in [6.07, 6.45) is 16.6. The molecular formula is C28H40F4O4S. The number of hydrogen-bond acceptors (Lipinski definition) is 3. The van der Waals surface area contributed by atoms with Gasteiger partial charge < -0.3 is 4.74 Å². The van der Waals surface area contributed by atoms with Crippen molar-refractivity contribution in [2.45, 2.75) is 132 Å². The van der Waals surface area contributed by atoms with Crippen molar-refractivity contribution in [3.63, 3.8) is 0 Å². The first-order valence-corrected chi connectivity index (χ1v) is 15.4. The molecule has 0 unspecified atom stereocenters. The van der Waals surface area contributed by atoms with Gasteiger partial charge in [0.15, 0.2) is 0 Å². The molecule has 1 aromatic rings. The van der Waals surface area contributed by atoms with E-state index in [4.69, 9.17) is 9.29 Å². The van der Waals surface area contributed by atoms with Gasteiger partial charge in [0.2, 0.25) is 0 Å². The van der Waals surface area contributed by atoms with E-state index in [0.29, 0.717) is 5.92 Å². The average Bonchev–Trinajstić information content (AvgIpc) is 2.89. The van der Waals surface area contributed by atoms with E-state index in [1.165, 1.54) is 24.8 Å². The van der Waals surface area contributed by atoms with E-state index in [1.807, 2.05) is 0 Å². The van der Waals surface area contributed by atoms with Gasteiger partial charge in [-0.3, -0.25) is 4.55 Å². The van der Waals surface area contributed by atoms with E-state index in [1.54, 1.807) is 0 Å². The normalized spacial score (nSPS) is 21.9. The molecule has 210 valence electrons. The summed E-state index contributed by atoms with van der Waals surface area (Å²) in [7, 11) is -6.29. The van der Waals surface area contributed by atoms with E-state index < -0.39 is 27.9 Å². The smallest absolute Gasteiger partial charge is 0.370 e. The molecule has 9 heteroatoms. The van der Waals surface area contributed by atoms with Crippen LogP contribution in [0.15, 0.2) is 12.1 Å². The molecular weight excluding hydrogens is 508 g/mol. The molecule has 0 atom stereocenters. The third-order valence-corrected chi connectivity index (χ3v) is 9.73. The van der Waals surface area contributed by atoms with Crippen LogP contribution in [0.4, 0.5) is 17.6 Å². The molecule has 3 saturated carbocycles. The number of benzene rings is 1. The van der Waals surface area contributed by atoms with Gasteiger partial charge in [-0.1, -0.05) is 69.9 Å². The molecule has 0 radical (unpaired) electrons. The van der Waals surface area contributed by atoms with Crippen molar-refractivity contribution in [1.82, 2.24) is 0 Å². The lowest BCUT2D eigenvalue weighted by Crippen LogP contribution is -2.49. The Labute approximate surface area is 218 Å². The second-order valence-corrected chi connectivity index (χ2v) is 12.8.